The van der Waals surface area contributed by atoms with Crippen LogP contribution < -0.4 is 10.6 Å². The van der Waals surface area contributed by atoms with Gasteiger partial charge in [-0.1, -0.05) is 12.8 Å². The number of carboxylic acids is 1. The molecule has 118 valence electrons. The first kappa shape index (κ1) is 15.8. The Kier molecular flexibility index (Phi) is 5.20. The van der Waals surface area contributed by atoms with Gasteiger partial charge in [-0.25, -0.2) is 0 Å². The first-order valence-electron chi connectivity index (χ1n) is 7.80. The second kappa shape index (κ2) is 6.91. The van der Waals surface area contributed by atoms with E-state index in [9.17, 15) is 14.4 Å². The maximum atomic E-state index is 12.2. The molecule has 1 saturated heterocycles. The maximum Gasteiger partial charge on any atom is 0.303 e. The molecule has 2 fully saturated rings. The van der Waals surface area contributed by atoms with Gasteiger partial charge in [0.15, 0.2) is 0 Å². The summed E-state index contributed by atoms with van der Waals surface area (Å²) >= 11 is 0. The van der Waals surface area contributed by atoms with Crippen LogP contribution in [-0.4, -0.2) is 35.5 Å². The fraction of sp³-hybridized carbons (Fsp3) is 0.800. The Morgan fingerprint density at radius 2 is 1.90 bits per heavy atom. The minimum Gasteiger partial charge on any atom is -0.481 e. The zero-order valence-corrected chi connectivity index (χ0v) is 12.3. The van der Waals surface area contributed by atoms with Crippen LogP contribution in [0.4, 0.5) is 0 Å². The van der Waals surface area contributed by atoms with Crippen LogP contribution in [0.1, 0.15) is 57.8 Å². The number of hydrogen-bond acceptors (Lipinski definition) is 3. The van der Waals surface area contributed by atoms with E-state index in [4.69, 9.17) is 5.11 Å². The molecule has 0 bridgehead atoms. The topological polar surface area (TPSA) is 95.5 Å². The summed E-state index contributed by atoms with van der Waals surface area (Å²) in [5.74, 6) is -1.17. The van der Waals surface area contributed by atoms with Crippen molar-refractivity contribution < 1.29 is 19.5 Å². The smallest absolute Gasteiger partial charge is 0.303 e. The van der Waals surface area contributed by atoms with Crippen molar-refractivity contribution in [3.8, 4) is 0 Å². The zero-order valence-electron chi connectivity index (χ0n) is 12.3. The van der Waals surface area contributed by atoms with Gasteiger partial charge in [0, 0.05) is 13.0 Å². The van der Waals surface area contributed by atoms with Gasteiger partial charge in [-0.3, -0.25) is 14.4 Å². The molecule has 3 N–H and O–H groups in total. The quantitative estimate of drug-likeness (QED) is 0.710. The largest absolute Gasteiger partial charge is 0.481 e. The Labute approximate surface area is 124 Å². The van der Waals surface area contributed by atoms with Crippen LogP contribution in [0.15, 0.2) is 0 Å². The van der Waals surface area contributed by atoms with Gasteiger partial charge in [-0.15, -0.1) is 0 Å². The van der Waals surface area contributed by atoms with Crippen molar-refractivity contribution in [3.63, 3.8) is 0 Å². The molecule has 0 aromatic rings. The number of carbonyl (C=O) groups excluding carboxylic acids is 2. The van der Waals surface area contributed by atoms with Crippen LogP contribution >= 0.6 is 0 Å². The van der Waals surface area contributed by atoms with E-state index >= 15 is 0 Å². The molecular weight excluding hydrogens is 272 g/mol. The molecule has 0 radical (unpaired) electrons. The highest BCUT2D eigenvalue weighted by Crippen LogP contribution is 2.44. The average molecular weight is 296 g/mol. The van der Waals surface area contributed by atoms with E-state index < -0.39 is 17.4 Å². The first-order chi connectivity index (χ1) is 10.0. The molecular formula is C15H24N2O4. The van der Waals surface area contributed by atoms with E-state index in [1.165, 1.54) is 0 Å². The Balaban J connectivity index is 1.92. The van der Waals surface area contributed by atoms with Gasteiger partial charge in [-0.2, -0.15) is 0 Å². The Bertz CT molecular complexity index is 416. The van der Waals surface area contributed by atoms with E-state index in [1.807, 2.05) is 0 Å². The van der Waals surface area contributed by atoms with Gasteiger partial charge in [-0.05, 0) is 37.5 Å². The lowest BCUT2D eigenvalue weighted by molar-refractivity contribution is -0.140. The molecule has 2 amide bonds. The summed E-state index contributed by atoms with van der Waals surface area (Å²) in [4.78, 5) is 35.1. The molecule has 1 aliphatic carbocycles. The summed E-state index contributed by atoms with van der Waals surface area (Å²) in [6.07, 6.45) is 6.26. The number of aliphatic carboxylic acids is 1. The van der Waals surface area contributed by atoms with Crippen molar-refractivity contribution in [3.05, 3.63) is 0 Å². The highest BCUT2D eigenvalue weighted by molar-refractivity contribution is 5.88. The second-order valence-corrected chi connectivity index (χ2v) is 6.36. The summed E-state index contributed by atoms with van der Waals surface area (Å²) in [5, 5.41) is 14.6. The highest BCUT2D eigenvalue weighted by atomic mass is 16.4. The second-order valence-electron chi connectivity index (χ2n) is 6.36. The van der Waals surface area contributed by atoms with Crippen LogP contribution in [0.5, 0.6) is 0 Å². The monoisotopic (exact) mass is 296 g/mol. The SMILES string of the molecule is O=C(O)CC1(CC(=O)NC2CCCCNC2=O)CCCC1. The van der Waals surface area contributed by atoms with Crippen molar-refractivity contribution in [2.75, 3.05) is 6.54 Å². The molecule has 1 atom stereocenters. The molecule has 2 rings (SSSR count). The summed E-state index contributed by atoms with van der Waals surface area (Å²) < 4.78 is 0. The zero-order chi connectivity index (χ0) is 15.3. The van der Waals surface area contributed by atoms with Crippen LogP contribution in [0.3, 0.4) is 0 Å². The lowest BCUT2D eigenvalue weighted by atomic mass is 9.79. The highest BCUT2D eigenvalue weighted by Gasteiger charge is 2.38. The molecule has 1 saturated carbocycles. The minimum atomic E-state index is -0.850. The van der Waals surface area contributed by atoms with Crippen molar-refractivity contribution in [2.24, 2.45) is 5.41 Å². The lowest BCUT2D eigenvalue weighted by Crippen LogP contribution is -2.46. The summed E-state index contributed by atoms with van der Waals surface area (Å²) in [6.45, 7) is 0.661. The van der Waals surface area contributed by atoms with E-state index in [2.05, 4.69) is 10.6 Å². The van der Waals surface area contributed by atoms with E-state index in [-0.39, 0.29) is 24.7 Å². The van der Waals surface area contributed by atoms with Gasteiger partial charge in [0.2, 0.25) is 11.8 Å². The molecule has 0 aromatic carbocycles. The summed E-state index contributed by atoms with van der Waals surface area (Å²) in [5.41, 5.74) is -0.420. The third-order valence-electron chi connectivity index (χ3n) is 4.60. The fourth-order valence-electron chi connectivity index (χ4n) is 3.52. The van der Waals surface area contributed by atoms with Gasteiger partial charge < -0.3 is 15.7 Å². The Morgan fingerprint density at radius 1 is 1.19 bits per heavy atom. The molecule has 6 heteroatoms. The number of carboxylic acid groups (broad SMARTS) is 1. The van der Waals surface area contributed by atoms with Gasteiger partial charge in [0.05, 0.1) is 6.42 Å². The van der Waals surface area contributed by atoms with Crippen molar-refractivity contribution >= 4 is 17.8 Å². The maximum absolute atomic E-state index is 12.2. The van der Waals surface area contributed by atoms with Gasteiger partial charge in [0.1, 0.15) is 6.04 Å². The molecule has 0 spiro atoms. The lowest BCUT2D eigenvalue weighted by Gasteiger charge is -2.27. The van der Waals surface area contributed by atoms with Crippen LogP contribution in [-0.2, 0) is 14.4 Å². The summed E-state index contributed by atoms with van der Waals surface area (Å²) in [6, 6.07) is -0.469. The average Bonchev–Trinajstić information content (AvgIpc) is 2.74. The normalized spacial score (nSPS) is 25.0. The molecule has 6 nitrogen and oxygen atoms in total. The third-order valence-corrected chi connectivity index (χ3v) is 4.60. The predicted molar refractivity (Wildman–Crippen MR) is 76.6 cm³/mol. The molecule has 2 aliphatic rings. The molecule has 21 heavy (non-hydrogen) atoms. The number of carbonyl (C=O) groups is 3. The molecule has 1 unspecified atom stereocenters. The third kappa shape index (κ3) is 4.44. The number of nitrogens with one attached hydrogen (secondary N) is 2. The molecule has 1 aliphatic heterocycles. The molecule has 0 aromatic heterocycles. The van der Waals surface area contributed by atoms with Crippen LogP contribution in [0.2, 0.25) is 0 Å². The van der Waals surface area contributed by atoms with Gasteiger partial charge in [0.25, 0.3) is 0 Å². The minimum absolute atomic E-state index is 0.0390. The number of amides is 2. The van der Waals surface area contributed by atoms with Crippen molar-refractivity contribution in [1.29, 1.82) is 0 Å². The first-order valence-corrected chi connectivity index (χ1v) is 7.80. The Morgan fingerprint density at radius 3 is 2.57 bits per heavy atom. The predicted octanol–water partition coefficient (Wildman–Crippen LogP) is 1.20. The fourth-order valence-corrected chi connectivity index (χ4v) is 3.52. The van der Waals surface area contributed by atoms with Crippen LogP contribution in [0.25, 0.3) is 0 Å². The standard InChI is InChI=1S/C15H24N2O4/c18-12(17-11-5-1-4-8-16-14(11)21)9-15(10-13(19)20)6-2-3-7-15/h11H,1-10H2,(H,16,21)(H,17,18)(H,19,20). The number of rotatable bonds is 5. The van der Waals surface area contributed by atoms with Crippen LogP contribution in [0, 0.1) is 5.41 Å². The van der Waals surface area contributed by atoms with Crippen molar-refractivity contribution in [1.82, 2.24) is 10.6 Å². The van der Waals surface area contributed by atoms with Crippen molar-refractivity contribution in [2.45, 2.75) is 63.8 Å². The Hall–Kier alpha value is -1.59. The van der Waals surface area contributed by atoms with E-state index in [0.717, 1.165) is 38.5 Å². The number of hydrogen-bond donors (Lipinski definition) is 3. The van der Waals surface area contributed by atoms with E-state index in [1.54, 1.807) is 0 Å². The van der Waals surface area contributed by atoms with E-state index in [0.29, 0.717) is 13.0 Å². The molecule has 1 heterocycles. The summed E-state index contributed by atoms with van der Waals surface area (Å²) in [7, 11) is 0. The van der Waals surface area contributed by atoms with Gasteiger partial charge >= 0.3 is 5.97 Å².